The van der Waals surface area contributed by atoms with Gasteiger partial charge in [0.2, 0.25) is 5.91 Å². The highest BCUT2D eigenvalue weighted by molar-refractivity contribution is 5.87. The summed E-state index contributed by atoms with van der Waals surface area (Å²) in [5, 5.41) is 2.71. The summed E-state index contributed by atoms with van der Waals surface area (Å²) in [6.07, 6.45) is 0. The third kappa shape index (κ3) is 9.45. The summed E-state index contributed by atoms with van der Waals surface area (Å²) in [5.74, 6) is -0.694. The van der Waals surface area contributed by atoms with E-state index in [1.165, 1.54) is 0 Å². The normalized spacial score (nSPS) is 14.5. The average molecular weight is 301 g/mol. The number of rotatable bonds is 4. The van der Waals surface area contributed by atoms with Gasteiger partial charge in [-0.25, -0.2) is 4.79 Å². The van der Waals surface area contributed by atoms with Crippen LogP contribution >= 0.6 is 0 Å². The van der Waals surface area contributed by atoms with Gasteiger partial charge >= 0.3 is 5.97 Å². The van der Waals surface area contributed by atoms with Crippen LogP contribution in [0.1, 0.15) is 62.3 Å². The van der Waals surface area contributed by atoms with Crippen molar-refractivity contribution in [1.82, 2.24) is 5.32 Å². The Kier molecular flexibility index (Phi) is 6.42. The molecule has 0 heterocycles. The molecule has 1 N–H and O–H groups in total. The van der Waals surface area contributed by atoms with Crippen LogP contribution in [0.5, 0.6) is 0 Å². The molecule has 5 heteroatoms. The molecule has 5 nitrogen and oxygen atoms in total. The minimum absolute atomic E-state index is 0.0836. The summed E-state index contributed by atoms with van der Waals surface area (Å²) >= 11 is 0. The minimum atomic E-state index is -0.810. The van der Waals surface area contributed by atoms with E-state index in [2.05, 4.69) is 5.32 Å². The van der Waals surface area contributed by atoms with E-state index in [1.807, 2.05) is 20.8 Å². The van der Waals surface area contributed by atoms with Crippen molar-refractivity contribution in [1.29, 1.82) is 0 Å². The molecule has 0 saturated carbocycles. The van der Waals surface area contributed by atoms with Crippen molar-refractivity contribution in [2.24, 2.45) is 5.41 Å². The molecule has 0 bridgehead atoms. The molecule has 0 saturated heterocycles. The molecule has 0 aromatic carbocycles. The van der Waals surface area contributed by atoms with E-state index in [-0.39, 0.29) is 12.5 Å². The number of amides is 1. The first-order valence-electron chi connectivity index (χ1n) is 7.29. The number of carbonyl (C=O) groups is 2. The predicted octanol–water partition coefficient (Wildman–Crippen LogP) is 2.67. The predicted molar refractivity (Wildman–Crippen MR) is 82.9 cm³/mol. The van der Waals surface area contributed by atoms with E-state index in [9.17, 15) is 9.59 Å². The lowest BCUT2D eigenvalue weighted by atomic mass is 9.95. The molecular formula is C16H31NO4. The molecule has 0 fully saturated rings. The number of hydrogen-bond acceptors (Lipinski definition) is 4. The van der Waals surface area contributed by atoms with Crippen LogP contribution in [-0.4, -0.2) is 35.7 Å². The number of hydrogen-bond donors (Lipinski definition) is 1. The van der Waals surface area contributed by atoms with Gasteiger partial charge in [0.1, 0.15) is 5.60 Å². The second-order valence-electron chi connectivity index (χ2n) is 8.23. The Morgan fingerprint density at radius 2 is 1.38 bits per heavy atom. The lowest BCUT2D eigenvalue weighted by Gasteiger charge is -2.29. The van der Waals surface area contributed by atoms with Gasteiger partial charge in [0.25, 0.3) is 0 Å². The van der Waals surface area contributed by atoms with Crippen LogP contribution < -0.4 is 5.32 Å². The molecule has 0 aliphatic rings. The van der Waals surface area contributed by atoms with Crippen LogP contribution in [0.4, 0.5) is 0 Å². The van der Waals surface area contributed by atoms with E-state index < -0.39 is 28.6 Å². The lowest BCUT2D eigenvalue weighted by Crippen LogP contribution is -2.51. The molecular weight excluding hydrogens is 270 g/mol. The van der Waals surface area contributed by atoms with Gasteiger partial charge in [-0.2, -0.15) is 0 Å². The maximum absolute atomic E-state index is 12.2. The van der Waals surface area contributed by atoms with Gasteiger partial charge < -0.3 is 14.8 Å². The summed E-state index contributed by atoms with van der Waals surface area (Å²) in [5.41, 5.74) is -1.59. The van der Waals surface area contributed by atoms with Crippen molar-refractivity contribution in [2.45, 2.75) is 79.6 Å². The number of esters is 1. The fraction of sp³-hybridized carbons (Fsp3) is 0.875. The SMILES string of the molecule is CC(C)(C)OCC(NC(=O)C(C)(C)C)C(=O)OC(C)(C)C. The Hall–Kier alpha value is -1.10. The maximum Gasteiger partial charge on any atom is 0.331 e. The molecule has 0 aliphatic heterocycles. The van der Waals surface area contributed by atoms with Gasteiger partial charge in [0, 0.05) is 5.41 Å². The zero-order chi connectivity index (χ0) is 17.1. The molecule has 0 radical (unpaired) electrons. The molecule has 0 rings (SSSR count). The van der Waals surface area contributed by atoms with Crippen LogP contribution in [0.2, 0.25) is 0 Å². The smallest absolute Gasteiger partial charge is 0.331 e. The summed E-state index contributed by atoms with van der Waals surface area (Å²) in [6, 6.07) is -0.810. The maximum atomic E-state index is 12.2. The van der Waals surface area contributed by atoms with Crippen LogP contribution in [-0.2, 0) is 19.1 Å². The summed E-state index contributed by atoms with van der Waals surface area (Å²) in [4.78, 5) is 24.3. The van der Waals surface area contributed by atoms with Crippen molar-refractivity contribution in [3.63, 3.8) is 0 Å². The summed E-state index contributed by atoms with van der Waals surface area (Å²) in [7, 11) is 0. The number of nitrogens with one attached hydrogen (secondary N) is 1. The second-order valence-corrected chi connectivity index (χ2v) is 8.23. The fourth-order valence-corrected chi connectivity index (χ4v) is 1.25. The molecule has 0 aromatic rings. The third-order valence-corrected chi connectivity index (χ3v) is 2.36. The topological polar surface area (TPSA) is 64.6 Å². The Morgan fingerprint density at radius 1 is 0.905 bits per heavy atom. The number of ether oxygens (including phenoxy) is 2. The average Bonchev–Trinajstić information content (AvgIpc) is 2.18. The molecule has 0 spiro atoms. The van der Waals surface area contributed by atoms with Crippen molar-refractivity contribution >= 4 is 11.9 Å². The highest BCUT2D eigenvalue weighted by Crippen LogP contribution is 2.15. The minimum Gasteiger partial charge on any atom is -0.458 e. The van der Waals surface area contributed by atoms with E-state index in [4.69, 9.17) is 9.47 Å². The van der Waals surface area contributed by atoms with Crippen LogP contribution in [0.3, 0.4) is 0 Å². The van der Waals surface area contributed by atoms with Gasteiger partial charge in [-0.1, -0.05) is 20.8 Å². The largest absolute Gasteiger partial charge is 0.458 e. The van der Waals surface area contributed by atoms with Gasteiger partial charge in [-0.15, -0.1) is 0 Å². The van der Waals surface area contributed by atoms with Crippen LogP contribution in [0.15, 0.2) is 0 Å². The van der Waals surface area contributed by atoms with Gasteiger partial charge in [-0.05, 0) is 41.5 Å². The highest BCUT2D eigenvalue weighted by atomic mass is 16.6. The molecule has 0 aromatic heterocycles. The Balaban J connectivity index is 4.93. The molecule has 21 heavy (non-hydrogen) atoms. The summed E-state index contributed by atoms with van der Waals surface area (Å²) < 4.78 is 11.0. The zero-order valence-electron chi connectivity index (χ0n) is 14.9. The molecule has 0 aliphatic carbocycles. The second kappa shape index (κ2) is 6.77. The van der Waals surface area contributed by atoms with Crippen molar-refractivity contribution in [3.8, 4) is 0 Å². The van der Waals surface area contributed by atoms with Crippen LogP contribution in [0.25, 0.3) is 0 Å². The van der Waals surface area contributed by atoms with E-state index >= 15 is 0 Å². The highest BCUT2D eigenvalue weighted by Gasteiger charge is 2.31. The first kappa shape index (κ1) is 19.9. The monoisotopic (exact) mass is 301 g/mol. The van der Waals surface area contributed by atoms with Gasteiger partial charge in [0.15, 0.2) is 6.04 Å². The molecule has 1 atom stereocenters. The lowest BCUT2D eigenvalue weighted by molar-refractivity contribution is -0.162. The standard InChI is InChI=1S/C16H31NO4/c1-14(2,3)13(19)17-11(10-20-15(4,5)6)12(18)21-16(7,8)9/h11H,10H2,1-9H3,(H,17,19). The molecule has 1 amide bonds. The Labute approximate surface area is 128 Å². The van der Waals surface area contributed by atoms with E-state index in [0.717, 1.165) is 0 Å². The van der Waals surface area contributed by atoms with Gasteiger partial charge in [0.05, 0.1) is 12.2 Å². The molecule has 1 unspecified atom stereocenters. The van der Waals surface area contributed by atoms with E-state index in [0.29, 0.717) is 0 Å². The Morgan fingerprint density at radius 3 is 1.71 bits per heavy atom. The zero-order valence-corrected chi connectivity index (χ0v) is 14.9. The Bertz CT molecular complexity index is 369. The quantitative estimate of drug-likeness (QED) is 0.811. The third-order valence-electron chi connectivity index (χ3n) is 2.36. The fourth-order valence-electron chi connectivity index (χ4n) is 1.25. The van der Waals surface area contributed by atoms with Crippen molar-refractivity contribution in [2.75, 3.05) is 6.61 Å². The van der Waals surface area contributed by atoms with E-state index in [1.54, 1.807) is 41.5 Å². The first-order chi connectivity index (χ1) is 9.12. The van der Waals surface area contributed by atoms with Crippen molar-refractivity contribution < 1.29 is 19.1 Å². The van der Waals surface area contributed by atoms with Crippen LogP contribution in [0, 0.1) is 5.41 Å². The van der Waals surface area contributed by atoms with Crippen molar-refractivity contribution in [3.05, 3.63) is 0 Å². The number of carbonyl (C=O) groups excluding carboxylic acids is 2. The summed E-state index contributed by atoms with van der Waals surface area (Å²) in [6.45, 7) is 16.5. The van der Waals surface area contributed by atoms with Gasteiger partial charge in [-0.3, -0.25) is 4.79 Å². The first-order valence-corrected chi connectivity index (χ1v) is 7.29. The molecule has 124 valence electrons.